The van der Waals surface area contributed by atoms with Gasteiger partial charge in [-0.3, -0.25) is 4.79 Å². The molecule has 0 fully saturated rings. The Morgan fingerprint density at radius 3 is 2.67 bits per heavy atom. The van der Waals surface area contributed by atoms with Gasteiger partial charge in [-0.15, -0.1) is 8.78 Å². The predicted molar refractivity (Wildman–Crippen MR) is 47.0 cm³/mol. The van der Waals surface area contributed by atoms with Crippen LogP contribution in [0.1, 0.15) is 12.5 Å². The molecule has 3 nitrogen and oxygen atoms in total. The van der Waals surface area contributed by atoms with E-state index in [2.05, 4.69) is 9.47 Å². The number of ketones is 1. The van der Waals surface area contributed by atoms with Crippen molar-refractivity contribution in [3.8, 4) is 11.5 Å². The summed E-state index contributed by atoms with van der Waals surface area (Å²) in [4.78, 5) is 10.8. The van der Waals surface area contributed by atoms with E-state index in [9.17, 15) is 13.6 Å². The lowest BCUT2D eigenvalue weighted by molar-refractivity contribution is -0.286. The van der Waals surface area contributed by atoms with Crippen LogP contribution in [0.25, 0.3) is 0 Å². The van der Waals surface area contributed by atoms with Crippen LogP contribution in [0.4, 0.5) is 8.78 Å². The van der Waals surface area contributed by atoms with Crippen molar-refractivity contribution in [2.45, 2.75) is 19.6 Å². The Balaban J connectivity index is 2.26. The summed E-state index contributed by atoms with van der Waals surface area (Å²) >= 11 is 0. The number of rotatable bonds is 2. The van der Waals surface area contributed by atoms with Gasteiger partial charge in [0.2, 0.25) is 0 Å². The first-order valence-electron chi connectivity index (χ1n) is 4.34. The standard InChI is InChI=1S/C10H8F2O3/c1-6(13)4-7-2-3-8-9(5-7)15-10(11,12)14-8/h2-3,5H,4H2,1H3. The van der Waals surface area contributed by atoms with Crippen LogP contribution in [0.2, 0.25) is 0 Å². The molecule has 0 amide bonds. The van der Waals surface area contributed by atoms with Gasteiger partial charge >= 0.3 is 6.29 Å². The predicted octanol–water partition coefficient (Wildman–Crippen LogP) is 2.14. The molecule has 80 valence electrons. The van der Waals surface area contributed by atoms with E-state index in [1.807, 2.05) is 0 Å². The first kappa shape index (κ1) is 9.89. The highest BCUT2D eigenvalue weighted by atomic mass is 19.3. The van der Waals surface area contributed by atoms with Crippen LogP contribution < -0.4 is 9.47 Å². The fourth-order valence-corrected chi connectivity index (χ4v) is 1.39. The number of carbonyl (C=O) groups excluding carboxylic acids is 1. The molecule has 5 heteroatoms. The van der Waals surface area contributed by atoms with Gasteiger partial charge in [-0.25, -0.2) is 0 Å². The number of alkyl halides is 2. The van der Waals surface area contributed by atoms with Crippen molar-refractivity contribution in [1.29, 1.82) is 0 Å². The van der Waals surface area contributed by atoms with Crippen LogP contribution in [-0.2, 0) is 11.2 Å². The van der Waals surface area contributed by atoms with Crippen molar-refractivity contribution < 1.29 is 23.0 Å². The molecule has 15 heavy (non-hydrogen) atoms. The summed E-state index contributed by atoms with van der Waals surface area (Å²) in [6, 6.07) is 4.32. The maximum absolute atomic E-state index is 12.6. The first-order chi connectivity index (χ1) is 6.96. The third kappa shape index (κ3) is 2.06. The fourth-order valence-electron chi connectivity index (χ4n) is 1.39. The molecule has 0 saturated carbocycles. The van der Waals surface area contributed by atoms with Crippen LogP contribution in [0.3, 0.4) is 0 Å². The normalized spacial score (nSPS) is 16.5. The molecule has 0 aliphatic carbocycles. The van der Waals surface area contributed by atoms with E-state index in [0.29, 0.717) is 5.56 Å². The number of Topliss-reactive ketones (excluding diaryl/α,β-unsaturated/α-hetero) is 1. The smallest absolute Gasteiger partial charge is 0.395 e. The Bertz CT molecular complexity index is 415. The lowest BCUT2D eigenvalue weighted by Gasteiger charge is -2.04. The molecule has 0 aromatic heterocycles. The third-order valence-corrected chi connectivity index (χ3v) is 1.92. The Labute approximate surface area is 84.6 Å². The molecule has 1 heterocycles. The van der Waals surface area contributed by atoms with Crippen molar-refractivity contribution in [1.82, 2.24) is 0 Å². The molecule has 0 radical (unpaired) electrons. The summed E-state index contributed by atoms with van der Waals surface area (Å²) in [5.41, 5.74) is 0.627. The molecule has 0 unspecified atom stereocenters. The second-order valence-electron chi connectivity index (χ2n) is 3.33. The third-order valence-electron chi connectivity index (χ3n) is 1.92. The lowest BCUT2D eigenvalue weighted by Crippen LogP contribution is -2.25. The van der Waals surface area contributed by atoms with Crippen LogP contribution in [0.5, 0.6) is 11.5 Å². The van der Waals surface area contributed by atoms with Gasteiger partial charge in [0.05, 0.1) is 0 Å². The van der Waals surface area contributed by atoms with E-state index in [0.717, 1.165) is 0 Å². The molecule has 1 aliphatic heterocycles. The van der Waals surface area contributed by atoms with Crippen molar-refractivity contribution >= 4 is 5.78 Å². The molecule has 0 atom stereocenters. The van der Waals surface area contributed by atoms with Gasteiger partial charge in [0.15, 0.2) is 11.5 Å². The molecule has 0 bridgehead atoms. The molecule has 1 aliphatic rings. The van der Waals surface area contributed by atoms with E-state index in [1.54, 1.807) is 6.07 Å². The largest absolute Gasteiger partial charge is 0.586 e. The van der Waals surface area contributed by atoms with Gasteiger partial charge < -0.3 is 9.47 Å². The van der Waals surface area contributed by atoms with Gasteiger partial charge in [-0.05, 0) is 24.6 Å². The Morgan fingerprint density at radius 1 is 1.33 bits per heavy atom. The van der Waals surface area contributed by atoms with E-state index in [4.69, 9.17) is 0 Å². The summed E-state index contributed by atoms with van der Waals surface area (Å²) in [6.45, 7) is 1.43. The highest BCUT2D eigenvalue weighted by molar-refractivity contribution is 5.78. The number of fused-ring (bicyclic) bond motifs is 1. The molecule has 0 N–H and O–H groups in total. The highest BCUT2D eigenvalue weighted by Crippen LogP contribution is 2.41. The average Bonchev–Trinajstić information content (AvgIpc) is 2.36. The minimum absolute atomic E-state index is 0.00713. The van der Waals surface area contributed by atoms with Gasteiger partial charge in [0, 0.05) is 6.42 Å². The van der Waals surface area contributed by atoms with E-state index in [-0.39, 0.29) is 23.7 Å². The maximum Gasteiger partial charge on any atom is 0.586 e. The SMILES string of the molecule is CC(=O)Cc1ccc2c(c1)OC(F)(F)O2. The van der Waals surface area contributed by atoms with Crippen molar-refractivity contribution in [2.24, 2.45) is 0 Å². The van der Waals surface area contributed by atoms with E-state index < -0.39 is 6.29 Å². The highest BCUT2D eigenvalue weighted by Gasteiger charge is 2.43. The fraction of sp³-hybridized carbons (Fsp3) is 0.300. The minimum Gasteiger partial charge on any atom is -0.395 e. The number of hydrogen-bond donors (Lipinski definition) is 0. The molecular weight excluding hydrogens is 206 g/mol. The monoisotopic (exact) mass is 214 g/mol. The molecule has 0 saturated heterocycles. The summed E-state index contributed by atoms with van der Waals surface area (Å²) in [5, 5.41) is 0. The Hall–Kier alpha value is -1.65. The molecule has 2 rings (SSSR count). The van der Waals surface area contributed by atoms with Crippen LogP contribution in [0.15, 0.2) is 18.2 Å². The van der Waals surface area contributed by atoms with Crippen molar-refractivity contribution in [3.05, 3.63) is 23.8 Å². The molecule has 1 aromatic carbocycles. The Morgan fingerprint density at radius 2 is 2.00 bits per heavy atom. The number of ether oxygens (including phenoxy) is 2. The minimum atomic E-state index is -3.60. The quantitative estimate of drug-likeness (QED) is 0.756. The molecule has 1 aromatic rings. The molecular formula is C10H8F2O3. The summed E-state index contributed by atoms with van der Waals surface area (Å²) in [5.74, 6) is -0.0772. The summed E-state index contributed by atoms with van der Waals surface area (Å²) in [7, 11) is 0. The van der Waals surface area contributed by atoms with Gasteiger partial charge in [-0.2, -0.15) is 0 Å². The van der Waals surface area contributed by atoms with Gasteiger partial charge in [-0.1, -0.05) is 6.07 Å². The second-order valence-corrected chi connectivity index (χ2v) is 3.33. The summed E-state index contributed by atoms with van der Waals surface area (Å²) in [6.07, 6.45) is -3.40. The first-order valence-corrected chi connectivity index (χ1v) is 4.34. The molecule has 0 spiro atoms. The van der Waals surface area contributed by atoms with Crippen LogP contribution >= 0.6 is 0 Å². The Kier molecular flexibility index (Phi) is 2.10. The van der Waals surface area contributed by atoms with E-state index in [1.165, 1.54) is 19.1 Å². The number of carbonyl (C=O) groups is 1. The van der Waals surface area contributed by atoms with Gasteiger partial charge in [0.1, 0.15) is 5.78 Å². The number of halogens is 2. The second kappa shape index (κ2) is 3.18. The number of benzene rings is 1. The average molecular weight is 214 g/mol. The van der Waals surface area contributed by atoms with Crippen molar-refractivity contribution in [3.63, 3.8) is 0 Å². The zero-order valence-corrected chi connectivity index (χ0v) is 7.92. The topological polar surface area (TPSA) is 35.5 Å². The van der Waals surface area contributed by atoms with Crippen LogP contribution in [0, 0.1) is 0 Å². The van der Waals surface area contributed by atoms with Crippen LogP contribution in [-0.4, -0.2) is 12.1 Å². The van der Waals surface area contributed by atoms with Gasteiger partial charge in [0.25, 0.3) is 0 Å². The lowest BCUT2D eigenvalue weighted by atomic mass is 10.1. The van der Waals surface area contributed by atoms with E-state index >= 15 is 0 Å². The zero-order chi connectivity index (χ0) is 11.1. The summed E-state index contributed by atoms with van der Waals surface area (Å²) < 4.78 is 33.7. The van der Waals surface area contributed by atoms with Crippen molar-refractivity contribution in [2.75, 3.05) is 0 Å². The number of hydrogen-bond acceptors (Lipinski definition) is 3. The zero-order valence-electron chi connectivity index (χ0n) is 7.92. The maximum atomic E-state index is 12.6.